The van der Waals surface area contributed by atoms with Crippen LogP contribution in [0.15, 0.2) is 30.0 Å². The lowest BCUT2D eigenvalue weighted by Crippen LogP contribution is -2.32. The number of esters is 1. The Hall–Kier alpha value is -2.30. The monoisotopic (exact) mass is 233 g/mol. The molecule has 1 aliphatic rings. The zero-order chi connectivity index (χ0) is 12.6. The number of likely N-dealkylation sites (N-methyl/N-ethyl adjacent to an activating group) is 1. The van der Waals surface area contributed by atoms with Gasteiger partial charge >= 0.3 is 11.9 Å². The second-order valence-electron chi connectivity index (χ2n) is 3.79. The van der Waals surface area contributed by atoms with Gasteiger partial charge in [-0.05, 0) is 24.6 Å². The van der Waals surface area contributed by atoms with Crippen LogP contribution in [-0.4, -0.2) is 24.1 Å². The zero-order valence-corrected chi connectivity index (χ0v) is 9.43. The molecule has 0 atom stereocenters. The van der Waals surface area contributed by atoms with E-state index in [0.717, 1.165) is 11.6 Å². The van der Waals surface area contributed by atoms with Crippen molar-refractivity contribution in [2.75, 3.05) is 11.9 Å². The van der Waals surface area contributed by atoms with Gasteiger partial charge in [0, 0.05) is 7.05 Å². The van der Waals surface area contributed by atoms with Crippen LogP contribution in [0.25, 0.3) is 0 Å². The molecule has 1 N–H and O–H groups in total. The first-order valence-corrected chi connectivity index (χ1v) is 5.00. The van der Waals surface area contributed by atoms with Crippen LogP contribution < -0.4 is 9.64 Å². The van der Waals surface area contributed by atoms with E-state index in [4.69, 9.17) is 9.84 Å². The van der Waals surface area contributed by atoms with Crippen molar-refractivity contribution in [2.24, 2.45) is 0 Å². The summed E-state index contributed by atoms with van der Waals surface area (Å²) in [7, 11) is 1.63. The molecule has 1 heterocycles. The van der Waals surface area contributed by atoms with Gasteiger partial charge in [-0.3, -0.25) is 0 Å². The van der Waals surface area contributed by atoms with E-state index in [0.29, 0.717) is 11.4 Å². The van der Waals surface area contributed by atoms with Crippen LogP contribution in [-0.2, 0) is 9.59 Å². The van der Waals surface area contributed by atoms with E-state index < -0.39 is 11.9 Å². The molecule has 17 heavy (non-hydrogen) atoms. The average Bonchev–Trinajstić information content (AvgIpc) is 2.23. The highest BCUT2D eigenvalue weighted by molar-refractivity contribution is 6.02. The quantitative estimate of drug-likeness (QED) is 0.450. The SMILES string of the molecule is Cc1ccc2c(c1)OC(=O)/C(=C/C(=O)O)N2C. The van der Waals surface area contributed by atoms with Gasteiger partial charge in [-0.15, -0.1) is 0 Å². The fraction of sp³-hybridized carbons (Fsp3) is 0.167. The lowest BCUT2D eigenvalue weighted by molar-refractivity contribution is -0.134. The molecule has 0 unspecified atom stereocenters. The van der Waals surface area contributed by atoms with Gasteiger partial charge in [-0.2, -0.15) is 0 Å². The Bertz CT molecular complexity index is 533. The van der Waals surface area contributed by atoms with Gasteiger partial charge in [-0.1, -0.05) is 6.07 Å². The molecule has 1 aromatic rings. The standard InChI is InChI=1S/C12H11NO4/c1-7-3-4-8-10(5-7)17-12(16)9(13(8)2)6-11(14)15/h3-6H,1-2H3,(H,14,15)/b9-6-. The van der Waals surface area contributed by atoms with Gasteiger partial charge in [0.25, 0.3) is 0 Å². The van der Waals surface area contributed by atoms with E-state index >= 15 is 0 Å². The number of rotatable bonds is 1. The molecule has 0 saturated carbocycles. The Morgan fingerprint density at radius 3 is 2.82 bits per heavy atom. The number of hydrogen-bond acceptors (Lipinski definition) is 4. The minimum Gasteiger partial charge on any atom is -0.478 e. The third-order valence-corrected chi connectivity index (χ3v) is 2.51. The van der Waals surface area contributed by atoms with Crippen molar-refractivity contribution in [1.82, 2.24) is 0 Å². The molecular weight excluding hydrogens is 222 g/mol. The number of nitrogens with zero attached hydrogens (tertiary/aromatic N) is 1. The van der Waals surface area contributed by atoms with E-state index in [9.17, 15) is 9.59 Å². The highest BCUT2D eigenvalue weighted by atomic mass is 16.5. The largest absolute Gasteiger partial charge is 0.478 e. The van der Waals surface area contributed by atoms with Crippen molar-refractivity contribution in [3.05, 3.63) is 35.5 Å². The summed E-state index contributed by atoms with van der Waals surface area (Å²) in [6, 6.07) is 5.39. The first-order chi connectivity index (χ1) is 7.99. The predicted molar refractivity (Wildman–Crippen MR) is 60.9 cm³/mol. The number of hydrogen-bond donors (Lipinski definition) is 1. The highest BCUT2D eigenvalue weighted by Gasteiger charge is 2.27. The normalized spacial score (nSPS) is 16.7. The van der Waals surface area contributed by atoms with E-state index in [1.165, 1.54) is 4.90 Å². The molecule has 1 aromatic carbocycles. The third-order valence-electron chi connectivity index (χ3n) is 2.51. The van der Waals surface area contributed by atoms with Gasteiger partial charge in [0.15, 0.2) is 5.75 Å². The molecule has 2 rings (SSSR count). The number of aryl methyl sites for hydroxylation is 1. The van der Waals surface area contributed by atoms with E-state index in [-0.39, 0.29) is 5.70 Å². The van der Waals surface area contributed by atoms with Crippen molar-refractivity contribution in [1.29, 1.82) is 0 Å². The summed E-state index contributed by atoms with van der Waals surface area (Å²) in [5.41, 5.74) is 1.65. The summed E-state index contributed by atoms with van der Waals surface area (Å²) < 4.78 is 5.08. The molecule has 0 aliphatic carbocycles. The van der Waals surface area contributed by atoms with E-state index in [2.05, 4.69) is 0 Å². The molecule has 88 valence electrons. The number of carboxylic acid groups (broad SMARTS) is 1. The molecule has 0 radical (unpaired) electrons. The Morgan fingerprint density at radius 1 is 1.47 bits per heavy atom. The van der Waals surface area contributed by atoms with Gasteiger partial charge in [-0.25, -0.2) is 9.59 Å². The van der Waals surface area contributed by atoms with Crippen LogP contribution >= 0.6 is 0 Å². The third kappa shape index (κ3) is 1.99. The van der Waals surface area contributed by atoms with Gasteiger partial charge in [0.1, 0.15) is 5.70 Å². The van der Waals surface area contributed by atoms with Crippen LogP contribution in [0, 0.1) is 6.92 Å². The molecule has 0 aromatic heterocycles. The number of fused-ring (bicyclic) bond motifs is 1. The second kappa shape index (κ2) is 3.93. The van der Waals surface area contributed by atoms with E-state index in [1.807, 2.05) is 13.0 Å². The number of carbonyl (C=O) groups is 2. The number of aliphatic carboxylic acids is 1. The van der Waals surface area contributed by atoms with Crippen LogP contribution in [0.3, 0.4) is 0 Å². The number of carbonyl (C=O) groups excluding carboxylic acids is 1. The molecule has 0 bridgehead atoms. The van der Waals surface area contributed by atoms with Crippen molar-refractivity contribution in [3.63, 3.8) is 0 Å². The van der Waals surface area contributed by atoms with Crippen molar-refractivity contribution >= 4 is 17.6 Å². The summed E-state index contributed by atoms with van der Waals surface area (Å²) in [6.45, 7) is 1.89. The minimum absolute atomic E-state index is 0.00820. The summed E-state index contributed by atoms with van der Waals surface area (Å²) in [4.78, 5) is 23.7. The summed E-state index contributed by atoms with van der Waals surface area (Å²) in [6.07, 6.45) is 0.838. The van der Waals surface area contributed by atoms with Gasteiger partial charge in [0.05, 0.1) is 11.8 Å². The van der Waals surface area contributed by atoms with Crippen molar-refractivity contribution in [2.45, 2.75) is 6.92 Å². The maximum Gasteiger partial charge on any atom is 0.360 e. The molecule has 5 heteroatoms. The Balaban J connectivity index is 2.51. The maximum atomic E-state index is 11.6. The molecule has 0 saturated heterocycles. The van der Waals surface area contributed by atoms with Gasteiger partial charge in [0.2, 0.25) is 0 Å². The van der Waals surface area contributed by atoms with E-state index in [1.54, 1.807) is 19.2 Å². The molecule has 0 fully saturated rings. The summed E-state index contributed by atoms with van der Waals surface area (Å²) in [5, 5.41) is 8.68. The Kier molecular flexibility index (Phi) is 2.59. The minimum atomic E-state index is -1.18. The number of anilines is 1. The second-order valence-corrected chi connectivity index (χ2v) is 3.79. The van der Waals surface area contributed by atoms with Crippen LogP contribution in [0.4, 0.5) is 5.69 Å². The van der Waals surface area contributed by atoms with Crippen LogP contribution in [0.5, 0.6) is 5.75 Å². The topological polar surface area (TPSA) is 66.8 Å². The van der Waals surface area contributed by atoms with Crippen LogP contribution in [0.1, 0.15) is 5.56 Å². The maximum absolute atomic E-state index is 11.6. The van der Waals surface area contributed by atoms with Crippen LogP contribution in [0.2, 0.25) is 0 Å². The first-order valence-electron chi connectivity index (χ1n) is 5.00. The predicted octanol–water partition coefficient (Wildman–Crippen LogP) is 1.32. The summed E-state index contributed by atoms with van der Waals surface area (Å²) >= 11 is 0. The zero-order valence-electron chi connectivity index (χ0n) is 9.43. The molecule has 5 nitrogen and oxygen atoms in total. The Morgan fingerprint density at radius 2 is 2.18 bits per heavy atom. The van der Waals surface area contributed by atoms with Crippen molar-refractivity contribution < 1.29 is 19.4 Å². The average molecular weight is 233 g/mol. The fourth-order valence-corrected chi connectivity index (χ4v) is 1.67. The fourth-order valence-electron chi connectivity index (χ4n) is 1.67. The number of ether oxygens (including phenoxy) is 1. The first kappa shape index (κ1) is 11.2. The lowest BCUT2D eigenvalue weighted by atomic mass is 10.1. The lowest BCUT2D eigenvalue weighted by Gasteiger charge is -2.28. The Labute approximate surface area is 97.9 Å². The molecular formula is C12H11NO4. The number of carboxylic acids is 1. The molecule has 0 amide bonds. The smallest absolute Gasteiger partial charge is 0.360 e. The van der Waals surface area contributed by atoms with Crippen molar-refractivity contribution in [3.8, 4) is 5.75 Å². The molecule has 1 aliphatic heterocycles. The summed E-state index contributed by atoms with van der Waals surface area (Å²) in [5.74, 6) is -1.40. The van der Waals surface area contributed by atoms with Gasteiger partial charge < -0.3 is 14.7 Å². The highest BCUT2D eigenvalue weighted by Crippen LogP contribution is 2.35. The molecule has 0 spiro atoms. The number of benzene rings is 1.